The number of carbonyl (C=O) groups is 2. The van der Waals surface area contributed by atoms with Crippen molar-refractivity contribution in [3.05, 3.63) is 18.1 Å². The molecule has 0 saturated carbocycles. The smallest absolute Gasteiger partial charge is 0.243 e. The third-order valence-corrected chi connectivity index (χ3v) is 3.17. The maximum atomic E-state index is 12.0. The molecule has 0 radical (unpaired) electrons. The maximum Gasteiger partial charge on any atom is 0.243 e. The Hall–Kier alpha value is -2.18. The van der Waals surface area contributed by atoms with Crippen LogP contribution < -0.4 is 5.32 Å². The number of hydrogen-bond donors (Lipinski definition) is 1. The van der Waals surface area contributed by atoms with Gasteiger partial charge in [-0.1, -0.05) is 6.92 Å². The van der Waals surface area contributed by atoms with Crippen LogP contribution >= 0.6 is 0 Å². The van der Waals surface area contributed by atoms with Crippen LogP contribution in [0.3, 0.4) is 0 Å². The van der Waals surface area contributed by atoms with Gasteiger partial charge in [0.25, 0.3) is 0 Å². The van der Waals surface area contributed by atoms with Crippen LogP contribution in [-0.2, 0) is 16.1 Å². The van der Waals surface area contributed by atoms with Crippen molar-refractivity contribution in [2.45, 2.75) is 19.9 Å². The fourth-order valence-corrected chi connectivity index (χ4v) is 2.08. The molecule has 20 heavy (non-hydrogen) atoms. The van der Waals surface area contributed by atoms with Gasteiger partial charge in [0, 0.05) is 13.6 Å². The topological polar surface area (TPSA) is 78.4 Å². The molecule has 2 rings (SSSR count). The fourth-order valence-electron chi connectivity index (χ4n) is 2.08. The third-order valence-electron chi connectivity index (χ3n) is 3.17. The molecular weight excluding hydrogens is 258 g/mol. The van der Waals surface area contributed by atoms with Gasteiger partial charge in [-0.3, -0.25) is 14.6 Å². The molecule has 1 aliphatic rings. The summed E-state index contributed by atoms with van der Waals surface area (Å²) in [5, 5.41) is 2.88. The van der Waals surface area contributed by atoms with E-state index in [1.807, 2.05) is 6.92 Å². The number of hydrogen-bond acceptors (Lipinski definition) is 5. The summed E-state index contributed by atoms with van der Waals surface area (Å²) < 4.78 is 0. The van der Waals surface area contributed by atoms with E-state index in [0.717, 1.165) is 6.42 Å². The van der Waals surface area contributed by atoms with Crippen molar-refractivity contribution in [2.24, 2.45) is 0 Å². The van der Waals surface area contributed by atoms with Gasteiger partial charge in [0.15, 0.2) is 0 Å². The van der Waals surface area contributed by atoms with E-state index in [-0.39, 0.29) is 24.9 Å². The molecule has 0 spiro atoms. The zero-order valence-corrected chi connectivity index (χ0v) is 11.8. The Bertz CT molecular complexity index is 488. The molecule has 1 fully saturated rings. The number of aromatic nitrogens is 2. The van der Waals surface area contributed by atoms with Gasteiger partial charge in [0.05, 0.1) is 31.2 Å². The van der Waals surface area contributed by atoms with Crippen molar-refractivity contribution in [3.8, 4) is 0 Å². The van der Waals surface area contributed by atoms with Crippen LogP contribution in [0.4, 0.5) is 5.82 Å². The maximum absolute atomic E-state index is 12.0. The summed E-state index contributed by atoms with van der Waals surface area (Å²) in [7, 11) is 1.76. The summed E-state index contributed by atoms with van der Waals surface area (Å²) in [5.74, 6) is 0.618. The summed E-state index contributed by atoms with van der Waals surface area (Å²) in [6.45, 7) is 3.22. The highest BCUT2D eigenvalue weighted by molar-refractivity contribution is 5.92. The molecule has 0 aliphatic carbocycles. The first-order valence-corrected chi connectivity index (χ1v) is 6.68. The summed E-state index contributed by atoms with van der Waals surface area (Å²) in [6.07, 6.45) is 4.08. The third kappa shape index (κ3) is 3.23. The lowest BCUT2D eigenvalue weighted by Gasteiger charge is -2.33. The largest absolute Gasteiger partial charge is 0.372 e. The minimum Gasteiger partial charge on any atom is -0.372 e. The van der Waals surface area contributed by atoms with E-state index in [1.54, 1.807) is 24.3 Å². The molecule has 7 heteroatoms. The Morgan fingerprint density at radius 3 is 2.45 bits per heavy atom. The van der Waals surface area contributed by atoms with E-state index in [1.165, 1.54) is 4.90 Å². The molecule has 0 unspecified atom stereocenters. The van der Waals surface area contributed by atoms with Crippen LogP contribution in [-0.4, -0.2) is 58.3 Å². The zero-order chi connectivity index (χ0) is 14.5. The minimum atomic E-state index is -0.0439. The number of amides is 2. The lowest BCUT2D eigenvalue weighted by molar-refractivity contribution is -0.150. The minimum absolute atomic E-state index is 0.00810. The highest BCUT2D eigenvalue weighted by Crippen LogP contribution is 2.10. The second-order valence-corrected chi connectivity index (χ2v) is 4.71. The van der Waals surface area contributed by atoms with Crippen molar-refractivity contribution < 1.29 is 9.59 Å². The number of piperazine rings is 1. The molecule has 108 valence electrons. The molecule has 2 heterocycles. The first-order chi connectivity index (χ1) is 9.63. The van der Waals surface area contributed by atoms with Gasteiger partial charge in [-0.15, -0.1) is 0 Å². The van der Waals surface area contributed by atoms with Crippen molar-refractivity contribution in [1.29, 1.82) is 0 Å². The summed E-state index contributed by atoms with van der Waals surface area (Å²) in [6, 6.07) is 0. The highest BCUT2D eigenvalue weighted by atomic mass is 16.2. The lowest BCUT2D eigenvalue weighted by Crippen LogP contribution is -2.53. The van der Waals surface area contributed by atoms with Gasteiger partial charge in [0.2, 0.25) is 11.8 Å². The summed E-state index contributed by atoms with van der Waals surface area (Å²) >= 11 is 0. The molecule has 0 aromatic carbocycles. The standard InChI is InChI=1S/C13H19N5O2/c1-3-4-17-8-13(20)18(9-12(17)19)7-10-5-16-11(14-2)6-15-10/h5-6H,3-4,7-9H2,1-2H3,(H,14,16). The first kappa shape index (κ1) is 14.2. The Labute approximate surface area is 118 Å². The first-order valence-electron chi connectivity index (χ1n) is 6.68. The second-order valence-electron chi connectivity index (χ2n) is 4.71. The zero-order valence-electron chi connectivity index (χ0n) is 11.8. The van der Waals surface area contributed by atoms with E-state index in [0.29, 0.717) is 24.6 Å². The lowest BCUT2D eigenvalue weighted by atomic mass is 10.2. The van der Waals surface area contributed by atoms with Crippen molar-refractivity contribution in [1.82, 2.24) is 19.8 Å². The molecule has 1 aliphatic heterocycles. The number of nitrogens with one attached hydrogen (secondary N) is 1. The number of anilines is 1. The van der Waals surface area contributed by atoms with Crippen LogP contribution in [0.15, 0.2) is 12.4 Å². The van der Waals surface area contributed by atoms with Gasteiger partial charge in [-0.2, -0.15) is 0 Å². The molecule has 2 amide bonds. The molecule has 1 aromatic heterocycles. The predicted molar refractivity (Wildman–Crippen MR) is 73.9 cm³/mol. The number of nitrogens with zero attached hydrogens (tertiary/aromatic N) is 4. The SMILES string of the molecule is CCCN1CC(=O)N(Cc2cnc(NC)cn2)CC1=O. The Balaban J connectivity index is 1.99. The Kier molecular flexibility index (Phi) is 4.49. The molecule has 1 N–H and O–H groups in total. The quantitative estimate of drug-likeness (QED) is 0.826. The van der Waals surface area contributed by atoms with E-state index in [2.05, 4.69) is 15.3 Å². The van der Waals surface area contributed by atoms with E-state index < -0.39 is 0 Å². The van der Waals surface area contributed by atoms with Crippen LogP contribution in [0.5, 0.6) is 0 Å². The second kappa shape index (κ2) is 6.31. The number of rotatable bonds is 5. The molecule has 1 saturated heterocycles. The Morgan fingerprint density at radius 1 is 1.15 bits per heavy atom. The van der Waals surface area contributed by atoms with Gasteiger partial charge >= 0.3 is 0 Å². The van der Waals surface area contributed by atoms with E-state index in [4.69, 9.17) is 0 Å². The van der Waals surface area contributed by atoms with Crippen LogP contribution in [0.2, 0.25) is 0 Å². The molecule has 1 aromatic rings. The van der Waals surface area contributed by atoms with Crippen molar-refractivity contribution in [2.75, 3.05) is 32.0 Å². The van der Waals surface area contributed by atoms with Crippen LogP contribution in [0.25, 0.3) is 0 Å². The van der Waals surface area contributed by atoms with Crippen LogP contribution in [0.1, 0.15) is 19.0 Å². The van der Waals surface area contributed by atoms with E-state index >= 15 is 0 Å². The van der Waals surface area contributed by atoms with Gasteiger partial charge < -0.3 is 15.1 Å². The molecule has 0 bridgehead atoms. The van der Waals surface area contributed by atoms with Crippen LogP contribution in [0, 0.1) is 0 Å². The fraction of sp³-hybridized carbons (Fsp3) is 0.538. The van der Waals surface area contributed by atoms with Crippen molar-refractivity contribution >= 4 is 17.6 Å². The van der Waals surface area contributed by atoms with Gasteiger partial charge in [-0.05, 0) is 6.42 Å². The average Bonchev–Trinajstić information content (AvgIpc) is 2.45. The Morgan fingerprint density at radius 2 is 1.85 bits per heavy atom. The summed E-state index contributed by atoms with van der Waals surface area (Å²) in [5.41, 5.74) is 0.675. The predicted octanol–water partition coefficient (Wildman–Crippen LogP) is 0.0991. The summed E-state index contributed by atoms with van der Waals surface area (Å²) in [4.78, 5) is 35.4. The normalized spacial score (nSPS) is 15.7. The van der Waals surface area contributed by atoms with Crippen molar-refractivity contribution in [3.63, 3.8) is 0 Å². The number of carbonyl (C=O) groups excluding carboxylic acids is 2. The van der Waals surface area contributed by atoms with E-state index in [9.17, 15) is 9.59 Å². The molecule has 7 nitrogen and oxygen atoms in total. The molecular formula is C13H19N5O2. The monoisotopic (exact) mass is 277 g/mol. The average molecular weight is 277 g/mol. The highest BCUT2D eigenvalue weighted by Gasteiger charge is 2.29. The van der Waals surface area contributed by atoms with Gasteiger partial charge in [-0.25, -0.2) is 4.98 Å². The molecule has 0 atom stereocenters. The van der Waals surface area contributed by atoms with Gasteiger partial charge in [0.1, 0.15) is 12.4 Å².